The topological polar surface area (TPSA) is 64.9 Å². The van der Waals surface area contributed by atoms with E-state index in [4.69, 9.17) is 10.3 Å². The van der Waals surface area contributed by atoms with Gasteiger partial charge in [-0.15, -0.1) is 11.3 Å². The van der Waals surface area contributed by atoms with E-state index in [1.807, 2.05) is 6.07 Å². The second-order valence-corrected chi connectivity index (χ2v) is 6.21. The van der Waals surface area contributed by atoms with Crippen LogP contribution in [0.3, 0.4) is 0 Å². The number of rotatable bonds is 2. The third-order valence-electron chi connectivity index (χ3n) is 3.54. The van der Waals surface area contributed by atoms with E-state index in [0.29, 0.717) is 11.7 Å². The first kappa shape index (κ1) is 11.9. The van der Waals surface area contributed by atoms with E-state index in [0.717, 1.165) is 17.7 Å². The van der Waals surface area contributed by atoms with Gasteiger partial charge in [-0.1, -0.05) is 18.0 Å². The van der Waals surface area contributed by atoms with Crippen molar-refractivity contribution in [2.45, 2.75) is 44.6 Å². The van der Waals surface area contributed by atoms with Gasteiger partial charge in [0.25, 0.3) is 0 Å². The Morgan fingerprint density at radius 2 is 2.17 bits per heavy atom. The minimum atomic E-state index is 0.164. The van der Waals surface area contributed by atoms with Gasteiger partial charge in [-0.2, -0.15) is 4.98 Å². The summed E-state index contributed by atoms with van der Waals surface area (Å²) < 4.78 is 5.40. The Labute approximate surface area is 110 Å². The normalized spacial score (nSPS) is 24.3. The average Bonchev–Trinajstić information content (AvgIpc) is 2.98. The summed E-state index contributed by atoms with van der Waals surface area (Å²) in [7, 11) is 0. The van der Waals surface area contributed by atoms with Gasteiger partial charge in [0.15, 0.2) is 0 Å². The predicted octanol–water partition coefficient (Wildman–Crippen LogP) is 3.09. The van der Waals surface area contributed by atoms with Crippen LogP contribution in [0.1, 0.15) is 42.4 Å². The van der Waals surface area contributed by atoms with Crippen molar-refractivity contribution in [3.63, 3.8) is 0 Å². The highest BCUT2D eigenvalue weighted by Crippen LogP contribution is 2.33. The van der Waals surface area contributed by atoms with Crippen LogP contribution in [0.25, 0.3) is 10.7 Å². The fourth-order valence-corrected chi connectivity index (χ4v) is 3.30. The highest BCUT2D eigenvalue weighted by Gasteiger charge is 2.28. The van der Waals surface area contributed by atoms with Gasteiger partial charge < -0.3 is 10.3 Å². The molecule has 0 bridgehead atoms. The molecule has 2 aromatic heterocycles. The molecule has 4 nitrogen and oxygen atoms in total. The molecule has 5 heteroatoms. The van der Waals surface area contributed by atoms with E-state index in [2.05, 4.69) is 23.1 Å². The van der Waals surface area contributed by atoms with Crippen LogP contribution in [-0.2, 0) is 0 Å². The summed E-state index contributed by atoms with van der Waals surface area (Å²) in [4.78, 5) is 6.84. The van der Waals surface area contributed by atoms with Crippen molar-refractivity contribution in [2.75, 3.05) is 0 Å². The Bertz CT molecular complexity index is 534. The summed E-state index contributed by atoms with van der Waals surface area (Å²) in [6.07, 6.45) is 4.53. The molecule has 2 atom stereocenters. The van der Waals surface area contributed by atoms with Crippen LogP contribution >= 0.6 is 11.3 Å². The number of hydrogen-bond acceptors (Lipinski definition) is 5. The number of aryl methyl sites for hydroxylation is 1. The van der Waals surface area contributed by atoms with Crippen molar-refractivity contribution in [1.29, 1.82) is 0 Å². The molecule has 1 fully saturated rings. The second-order valence-electron chi connectivity index (χ2n) is 4.92. The Hall–Kier alpha value is -1.20. The maximum absolute atomic E-state index is 6.14. The summed E-state index contributed by atoms with van der Waals surface area (Å²) in [5.41, 5.74) is 6.14. The molecule has 0 saturated heterocycles. The van der Waals surface area contributed by atoms with Gasteiger partial charge in [0.05, 0.1) is 10.8 Å². The lowest BCUT2D eigenvalue weighted by Crippen LogP contribution is -2.31. The van der Waals surface area contributed by atoms with E-state index >= 15 is 0 Å². The summed E-state index contributed by atoms with van der Waals surface area (Å²) in [5, 5.41) is 4.08. The molecular formula is C13H17N3OS. The molecule has 0 aliphatic heterocycles. The molecule has 2 N–H and O–H groups in total. The molecule has 0 aromatic carbocycles. The van der Waals surface area contributed by atoms with Crippen molar-refractivity contribution in [1.82, 2.24) is 10.1 Å². The van der Waals surface area contributed by atoms with E-state index in [1.165, 1.54) is 17.7 Å². The minimum Gasteiger partial charge on any atom is -0.339 e. The molecule has 1 aliphatic rings. The van der Waals surface area contributed by atoms with Crippen molar-refractivity contribution in [3.8, 4) is 10.7 Å². The summed E-state index contributed by atoms with van der Waals surface area (Å²) in [6.45, 7) is 2.08. The Balaban J connectivity index is 1.84. The zero-order valence-electron chi connectivity index (χ0n) is 10.4. The van der Waals surface area contributed by atoms with E-state index in [9.17, 15) is 0 Å². The van der Waals surface area contributed by atoms with Crippen LogP contribution in [0.2, 0.25) is 0 Å². The van der Waals surface area contributed by atoms with Gasteiger partial charge in [-0.25, -0.2) is 0 Å². The predicted molar refractivity (Wildman–Crippen MR) is 71.5 cm³/mol. The van der Waals surface area contributed by atoms with Crippen molar-refractivity contribution in [3.05, 3.63) is 22.9 Å². The monoisotopic (exact) mass is 263 g/mol. The fraction of sp³-hybridized carbons (Fsp3) is 0.538. The molecule has 2 unspecified atom stereocenters. The largest absolute Gasteiger partial charge is 0.339 e. The third-order valence-corrected chi connectivity index (χ3v) is 4.54. The Morgan fingerprint density at radius 1 is 1.33 bits per heavy atom. The van der Waals surface area contributed by atoms with E-state index in [1.54, 1.807) is 11.3 Å². The number of nitrogens with zero attached hydrogens (tertiary/aromatic N) is 2. The van der Waals surface area contributed by atoms with E-state index in [-0.39, 0.29) is 12.0 Å². The van der Waals surface area contributed by atoms with Gasteiger partial charge in [-0.05, 0) is 31.9 Å². The zero-order valence-corrected chi connectivity index (χ0v) is 11.2. The molecule has 2 heterocycles. The minimum absolute atomic E-state index is 0.164. The lowest BCUT2D eigenvalue weighted by molar-refractivity contribution is 0.290. The number of hydrogen-bond donors (Lipinski definition) is 1. The smallest absolute Gasteiger partial charge is 0.231 e. The van der Waals surface area contributed by atoms with Crippen molar-refractivity contribution in [2.24, 2.45) is 5.73 Å². The molecule has 3 rings (SSSR count). The molecule has 1 aliphatic carbocycles. The molecule has 0 spiro atoms. The number of aromatic nitrogens is 2. The third kappa shape index (κ3) is 2.20. The standard InChI is InChI=1S/C13H17N3OS/c1-8-6-7-11(18-8)12-15-13(17-16-12)9-4-2-3-5-10(9)14/h6-7,9-10H,2-5,14H2,1H3. The first-order chi connectivity index (χ1) is 8.74. The van der Waals surface area contributed by atoms with Crippen LogP contribution in [0, 0.1) is 6.92 Å². The first-order valence-electron chi connectivity index (χ1n) is 6.40. The maximum Gasteiger partial charge on any atom is 0.231 e. The highest BCUT2D eigenvalue weighted by atomic mass is 32.1. The molecular weight excluding hydrogens is 246 g/mol. The number of nitrogens with two attached hydrogens (primary N) is 1. The molecule has 18 heavy (non-hydrogen) atoms. The van der Waals surface area contributed by atoms with Gasteiger partial charge >= 0.3 is 0 Å². The maximum atomic E-state index is 6.14. The summed E-state index contributed by atoms with van der Waals surface area (Å²) >= 11 is 1.69. The molecule has 2 aromatic rings. The molecule has 1 saturated carbocycles. The average molecular weight is 263 g/mol. The SMILES string of the molecule is Cc1ccc(-c2noc(C3CCCCC3N)n2)s1. The van der Waals surface area contributed by atoms with Crippen molar-refractivity contribution < 1.29 is 4.52 Å². The van der Waals surface area contributed by atoms with Crippen LogP contribution in [0.5, 0.6) is 0 Å². The molecule has 0 amide bonds. The van der Waals surface area contributed by atoms with Gasteiger partial charge in [0.1, 0.15) is 0 Å². The lowest BCUT2D eigenvalue weighted by Gasteiger charge is -2.25. The van der Waals surface area contributed by atoms with Gasteiger partial charge in [0, 0.05) is 10.9 Å². The molecule has 0 radical (unpaired) electrons. The van der Waals surface area contributed by atoms with Gasteiger partial charge in [0.2, 0.25) is 11.7 Å². The summed E-state index contributed by atoms with van der Waals surface area (Å²) in [6, 6.07) is 4.27. The zero-order chi connectivity index (χ0) is 12.5. The van der Waals surface area contributed by atoms with Crippen molar-refractivity contribution >= 4 is 11.3 Å². The summed E-state index contributed by atoms with van der Waals surface area (Å²) in [5.74, 6) is 1.64. The Kier molecular flexibility index (Phi) is 3.18. The van der Waals surface area contributed by atoms with Gasteiger partial charge in [-0.3, -0.25) is 0 Å². The van der Waals surface area contributed by atoms with E-state index < -0.39 is 0 Å². The Morgan fingerprint density at radius 3 is 2.89 bits per heavy atom. The van der Waals surface area contributed by atoms with Crippen LogP contribution in [-0.4, -0.2) is 16.2 Å². The van der Waals surface area contributed by atoms with Crippen LogP contribution < -0.4 is 5.73 Å². The highest BCUT2D eigenvalue weighted by molar-refractivity contribution is 7.15. The molecule has 96 valence electrons. The quantitative estimate of drug-likeness (QED) is 0.904. The lowest BCUT2D eigenvalue weighted by atomic mass is 9.85. The number of thiophene rings is 1. The first-order valence-corrected chi connectivity index (χ1v) is 7.21. The second kappa shape index (κ2) is 4.82. The van der Waals surface area contributed by atoms with Crippen LogP contribution in [0.15, 0.2) is 16.7 Å². The fourth-order valence-electron chi connectivity index (χ4n) is 2.51. The van der Waals surface area contributed by atoms with Crippen LogP contribution in [0.4, 0.5) is 0 Å².